The second kappa shape index (κ2) is 6.66. The molecule has 2 aromatic carbocycles. The maximum absolute atomic E-state index is 5.56. The fourth-order valence-electron chi connectivity index (χ4n) is 2.09. The summed E-state index contributed by atoms with van der Waals surface area (Å²) < 4.78 is 16.5. The molecule has 2 aromatic rings. The van der Waals surface area contributed by atoms with Crippen LogP contribution in [0, 0.1) is 0 Å². The van der Waals surface area contributed by atoms with Crippen LogP contribution in [0.5, 0.6) is 5.75 Å². The predicted octanol–water partition coefficient (Wildman–Crippen LogP) is 3.81. The molecule has 0 N–H and O–H groups in total. The number of methoxy groups -OCH3 is 3. The monoisotopic (exact) mass is 270 g/mol. The van der Waals surface area contributed by atoms with Gasteiger partial charge in [-0.05, 0) is 12.1 Å². The highest BCUT2D eigenvalue weighted by Gasteiger charge is 2.16. The van der Waals surface area contributed by atoms with Crippen LogP contribution in [-0.4, -0.2) is 21.3 Å². The summed E-state index contributed by atoms with van der Waals surface area (Å²) in [5, 5.41) is 0. The van der Waals surface area contributed by atoms with Crippen LogP contribution in [0.25, 0.3) is 11.5 Å². The summed E-state index contributed by atoms with van der Waals surface area (Å²) in [7, 11) is 4.90. The van der Waals surface area contributed by atoms with Crippen molar-refractivity contribution < 1.29 is 14.2 Å². The Hall–Kier alpha value is -2.42. The number of para-hydroxylation sites is 1. The standard InChI is InChI=1S/C17H18O3/c1-18-15-12-8-7-11-14(15)17(20-3)16(19-2)13-9-5-4-6-10-13/h4-12H,1-3H3. The normalized spacial score (nSPS) is 11.6. The largest absolute Gasteiger partial charge is 0.496 e. The minimum atomic E-state index is 0.649. The third kappa shape index (κ3) is 2.77. The van der Waals surface area contributed by atoms with Gasteiger partial charge < -0.3 is 14.2 Å². The Labute approximate surface area is 119 Å². The molecule has 0 bridgehead atoms. The summed E-state index contributed by atoms with van der Waals surface area (Å²) in [6.45, 7) is 0. The van der Waals surface area contributed by atoms with Crippen molar-refractivity contribution >= 4 is 11.5 Å². The van der Waals surface area contributed by atoms with E-state index in [9.17, 15) is 0 Å². The van der Waals surface area contributed by atoms with Gasteiger partial charge in [-0.25, -0.2) is 0 Å². The smallest absolute Gasteiger partial charge is 0.172 e. The Morgan fingerprint density at radius 1 is 0.700 bits per heavy atom. The van der Waals surface area contributed by atoms with Crippen molar-refractivity contribution in [3.8, 4) is 5.75 Å². The molecule has 20 heavy (non-hydrogen) atoms. The molecule has 104 valence electrons. The first kappa shape index (κ1) is 14.0. The van der Waals surface area contributed by atoms with Gasteiger partial charge in [-0.15, -0.1) is 0 Å². The lowest BCUT2D eigenvalue weighted by Crippen LogP contribution is -1.99. The maximum Gasteiger partial charge on any atom is 0.172 e. The van der Waals surface area contributed by atoms with E-state index in [0.29, 0.717) is 11.5 Å². The third-order valence-corrected chi connectivity index (χ3v) is 3.00. The Kier molecular flexibility index (Phi) is 4.66. The molecule has 0 unspecified atom stereocenters. The number of hydrogen-bond donors (Lipinski definition) is 0. The molecule has 0 aromatic heterocycles. The highest BCUT2D eigenvalue weighted by atomic mass is 16.5. The highest BCUT2D eigenvalue weighted by molar-refractivity contribution is 5.85. The fraction of sp³-hybridized carbons (Fsp3) is 0.176. The lowest BCUT2D eigenvalue weighted by molar-refractivity contribution is 0.325. The molecule has 2 rings (SSSR count). The van der Waals surface area contributed by atoms with E-state index in [-0.39, 0.29) is 0 Å². The molecule has 3 nitrogen and oxygen atoms in total. The fourth-order valence-corrected chi connectivity index (χ4v) is 2.09. The molecule has 0 radical (unpaired) electrons. The van der Waals surface area contributed by atoms with E-state index in [1.54, 1.807) is 21.3 Å². The van der Waals surface area contributed by atoms with Crippen LogP contribution in [0.2, 0.25) is 0 Å². The molecule has 0 saturated heterocycles. The van der Waals surface area contributed by atoms with Crippen LogP contribution >= 0.6 is 0 Å². The van der Waals surface area contributed by atoms with Crippen LogP contribution in [0.3, 0.4) is 0 Å². The van der Waals surface area contributed by atoms with Crippen molar-refractivity contribution in [3.05, 3.63) is 65.7 Å². The first-order valence-electron chi connectivity index (χ1n) is 6.33. The second-order valence-electron chi connectivity index (χ2n) is 4.13. The van der Waals surface area contributed by atoms with Crippen molar-refractivity contribution in [2.45, 2.75) is 0 Å². The summed E-state index contributed by atoms with van der Waals surface area (Å²) in [6, 6.07) is 17.5. The van der Waals surface area contributed by atoms with Gasteiger partial charge >= 0.3 is 0 Å². The van der Waals surface area contributed by atoms with E-state index in [1.165, 1.54) is 0 Å². The molecule has 0 fully saturated rings. The van der Waals surface area contributed by atoms with Crippen LogP contribution in [0.4, 0.5) is 0 Å². The van der Waals surface area contributed by atoms with E-state index in [2.05, 4.69) is 0 Å². The zero-order valence-electron chi connectivity index (χ0n) is 11.9. The molecule has 0 amide bonds. The van der Waals surface area contributed by atoms with E-state index in [4.69, 9.17) is 14.2 Å². The second-order valence-corrected chi connectivity index (χ2v) is 4.13. The van der Waals surface area contributed by atoms with E-state index >= 15 is 0 Å². The van der Waals surface area contributed by atoms with Crippen molar-refractivity contribution in [1.29, 1.82) is 0 Å². The molecular weight excluding hydrogens is 252 g/mol. The molecule has 0 spiro atoms. The topological polar surface area (TPSA) is 27.7 Å². The van der Waals surface area contributed by atoms with E-state index < -0.39 is 0 Å². The number of hydrogen-bond acceptors (Lipinski definition) is 3. The van der Waals surface area contributed by atoms with Crippen LogP contribution in [0.1, 0.15) is 11.1 Å². The summed E-state index contributed by atoms with van der Waals surface area (Å²) in [4.78, 5) is 0. The van der Waals surface area contributed by atoms with Gasteiger partial charge in [0.2, 0.25) is 0 Å². The van der Waals surface area contributed by atoms with Gasteiger partial charge in [0.15, 0.2) is 11.5 Å². The van der Waals surface area contributed by atoms with Gasteiger partial charge in [0.05, 0.1) is 26.9 Å². The van der Waals surface area contributed by atoms with Gasteiger partial charge in [-0.1, -0.05) is 42.5 Å². The SMILES string of the molecule is COC(=C(OC)c1ccccc1OC)c1ccccc1. The Bertz CT molecular complexity index is 588. The number of benzene rings is 2. The average Bonchev–Trinajstić information content (AvgIpc) is 2.53. The maximum atomic E-state index is 5.56. The lowest BCUT2D eigenvalue weighted by Gasteiger charge is -2.16. The van der Waals surface area contributed by atoms with Gasteiger partial charge in [0, 0.05) is 5.56 Å². The minimum absolute atomic E-state index is 0.649. The molecule has 0 heterocycles. The summed E-state index contributed by atoms with van der Waals surface area (Å²) in [5.41, 5.74) is 1.82. The first-order valence-corrected chi connectivity index (χ1v) is 6.33. The summed E-state index contributed by atoms with van der Waals surface area (Å²) in [6.07, 6.45) is 0. The van der Waals surface area contributed by atoms with E-state index in [0.717, 1.165) is 16.9 Å². The zero-order chi connectivity index (χ0) is 14.4. The quantitative estimate of drug-likeness (QED) is 0.610. The van der Waals surface area contributed by atoms with Gasteiger partial charge in [-0.2, -0.15) is 0 Å². The molecule has 3 heteroatoms. The minimum Gasteiger partial charge on any atom is -0.496 e. The van der Waals surface area contributed by atoms with Crippen molar-refractivity contribution in [2.75, 3.05) is 21.3 Å². The van der Waals surface area contributed by atoms with Crippen molar-refractivity contribution in [2.24, 2.45) is 0 Å². The summed E-state index contributed by atoms with van der Waals surface area (Å²) in [5.74, 6) is 2.07. The number of ether oxygens (including phenoxy) is 3. The molecule has 0 saturated carbocycles. The average molecular weight is 270 g/mol. The van der Waals surface area contributed by atoms with Crippen LogP contribution in [0.15, 0.2) is 54.6 Å². The molecule has 0 aliphatic rings. The zero-order valence-corrected chi connectivity index (χ0v) is 11.9. The number of rotatable bonds is 5. The Morgan fingerprint density at radius 2 is 1.30 bits per heavy atom. The van der Waals surface area contributed by atoms with Crippen LogP contribution < -0.4 is 4.74 Å². The van der Waals surface area contributed by atoms with Gasteiger partial charge in [0.1, 0.15) is 5.75 Å². The molecule has 0 aliphatic heterocycles. The first-order chi connectivity index (χ1) is 9.81. The van der Waals surface area contributed by atoms with Gasteiger partial charge in [-0.3, -0.25) is 0 Å². The highest BCUT2D eigenvalue weighted by Crippen LogP contribution is 2.32. The molecule has 0 aliphatic carbocycles. The van der Waals surface area contributed by atoms with Crippen molar-refractivity contribution in [1.82, 2.24) is 0 Å². The van der Waals surface area contributed by atoms with Gasteiger partial charge in [0.25, 0.3) is 0 Å². The van der Waals surface area contributed by atoms with Crippen molar-refractivity contribution in [3.63, 3.8) is 0 Å². The molecule has 0 atom stereocenters. The summed E-state index contributed by atoms with van der Waals surface area (Å²) >= 11 is 0. The lowest BCUT2D eigenvalue weighted by atomic mass is 10.1. The van der Waals surface area contributed by atoms with E-state index in [1.807, 2.05) is 54.6 Å². The third-order valence-electron chi connectivity index (χ3n) is 3.00. The predicted molar refractivity (Wildman–Crippen MR) is 80.3 cm³/mol. The Morgan fingerprint density at radius 3 is 1.90 bits per heavy atom. The Balaban J connectivity index is 2.61. The molecular formula is C17H18O3. The van der Waals surface area contributed by atoms with Crippen LogP contribution in [-0.2, 0) is 9.47 Å².